The van der Waals surface area contributed by atoms with Gasteiger partial charge in [0, 0.05) is 50.3 Å². The molecule has 208 valence electrons. The lowest BCUT2D eigenvalue weighted by molar-refractivity contribution is 0.0668. The molecule has 0 saturated carbocycles. The second-order valence-corrected chi connectivity index (χ2v) is 10.5. The first-order valence-corrected chi connectivity index (χ1v) is 13.1. The number of nitrogens with one attached hydrogen (secondary N) is 1. The van der Waals surface area contributed by atoms with E-state index in [1.54, 1.807) is 35.6 Å². The lowest BCUT2D eigenvalue weighted by Gasteiger charge is -2.42. The third kappa shape index (κ3) is 5.14. The van der Waals surface area contributed by atoms with E-state index in [1.807, 2.05) is 32.0 Å². The molecule has 0 unspecified atom stereocenters. The number of urea groups is 1. The van der Waals surface area contributed by atoms with E-state index in [1.165, 1.54) is 4.90 Å². The number of amides is 2. The number of carbonyl (C=O) groups excluding carboxylic acids is 1. The molecule has 8 nitrogen and oxygen atoms in total. The number of likely N-dealkylation sites (tertiary alicyclic amines) is 1. The zero-order valence-electron chi connectivity index (χ0n) is 22.5. The summed E-state index contributed by atoms with van der Waals surface area (Å²) in [5.41, 5.74) is 2.01. The van der Waals surface area contributed by atoms with Crippen molar-refractivity contribution in [2.75, 3.05) is 49.5 Å². The van der Waals surface area contributed by atoms with Gasteiger partial charge >= 0.3 is 6.03 Å². The molecule has 4 heterocycles. The van der Waals surface area contributed by atoms with E-state index in [4.69, 9.17) is 0 Å². The van der Waals surface area contributed by atoms with E-state index in [0.717, 1.165) is 22.3 Å². The van der Waals surface area contributed by atoms with Gasteiger partial charge in [-0.15, -0.1) is 0 Å². The number of carbonyl (C=O) groups is 1. The van der Waals surface area contributed by atoms with Crippen LogP contribution in [0.1, 0.15) is 41.9 Å². The van der Waals surface area contributed by atoms with E-state index < -0.39 is 12.6 Å². The quantitative estimate of drug-likeness (QED) is 0.512. The second-order valence-electron chi connectivity index (χ2n) is 10.5. The Bertz CT molecular complexity index is 1460. The molecule has 0 radical (unpaired) electrons. The minimum atomic E-state index is -2.72. The highest BCUT2D eigenvalue weighted by Gasteiger charge is 2.34. The van der Waals surface area contributed by atoms with Crippen molar-refractivity contribution in [1.82, 2.24) is 19.4 Å². The number of hydrogen-bond donors (Lipinski definition) is 1. The van der Waals surface area contributed by atoms with Crippen LogP contribution in [0, 0.1) is 13.8 Å². The fourth-order valence-corrected chi connectivity index (χ4v) is 5.42. The fraction of sp³-hybridized carbons (Fsp3) is 0.464. The van der Waals surface area contributed by atoms with E-state index in [0.29, 0.717) is 37.3 Å². The molecule has 1 N–H and O–H groups in total. The van der Waals surface area contributed by atoms with Gasteiger partial charge in [-0.2, -0.15) is 0 Å². The lowest BCUT2D eigenvalue weighted by atomic mass is 9.97. The van der Waals surface area contributed by atoms with Crippen molar-refractivity contribution in [3.05, 3.63) is 63.2 Å². The van der Waals surface area contributed by atoms with Crippen LogP contribution >= 0.6 is 0 Å². The van der Waals surface area contributed by atoms with Crippen LogP contribution in [0.15, 0.2) is 35.1 Å². The summed E-state index contributed by atoms with van der Waals surface area (Å²) in [6.45, 7) is 7.72. The number of pyridine rings is 2. The summed E-state index contributed by atoms with van der Waals surface area (Å²) in [4.78, 5) is 35.4. The molecular formula is C28H33F3N6O2. The van der Waals surface area contributed by atoms with Crippen molar-refractivity contribution in [3.8, 4) is 0 Å². The number of aromatic nitrogens is 2. The Labute approximate surface area is 225 Å². The Morgan fingerprint density at radius 3 is 2.36 bits per heavy atom. The predicted octanol–water partition coefficient (Wildman–Crippen LogP) is 4.56. The van der Waals surface area contributed by atoms with Crippen molar-refractivity contribution in [2.24, 2.45) is 7.05 Å². The highest BCUT2D eigenvalue weighted by atomic mass is 19.3. The molecule has 11 heteroatoms. The fourth-order valence-electron chi connectivity index (χ4n) is 5.42. The van der Waals surface area contributed by atoms with Gasteiger partial charge in [-0.3, -0.25) is 9.36 Å². The number of rotatable bonds is 5. The molecule has 2 saturated heterocycles. The van der Waals surface area contributed by atoms with Crippen molar-refractivity contribution in [1.29, 1.82) is 0 Å². The second kappa shape index (κ2) is 10.4. The van der Waals surface area contributed by atoms with Crippen LogP contribution in [0.3, 0.4) is 0 Å². The summed E-state index contributed by atoms with van der Waals surface area (Å²) in [7, 11) is 1.73. The van der Waals surface area contributed by atoms with Crippen LogP contribution in [0.2, 0.25) is 0 Å². The summed E-state index contributed by atoms with van der Waals surface area (Å²) in [5.74, 6) is 0.718. The van der Waals surface area contributed by atoms with Crippen LogP contribution < -0.4 is 15.8 Å². The molecule has 5 rings (SSSR count). The summed E-state index contributed by atoms with van der Waals surface area (Å²) < 4.78 is 42.2. The molecular weight excluding hydrogens is 509 g/mol. The average molecular weight is 543 g/mol. The lowest BCUT2D eigenvalue weighted by Crippen LogP contribution is -2.59. The largest absolute Gasteiger partial charge is 0.377 e. The maximum atomic E-state index is 13.7. The smallest absolute Gasteiger partial charge is 0.320 e. The van der Waals surface area contributed by atoms with Gasteiger partial charge in [0.2, 0.25) is 0 Å². The predicted molar refractivity (Wildman–Crippen MR) is 146 cm³/mol. The van der Waals surface area contributed by atoms with Gasteiger partial charge in [0.05, 0.1) is 18.8 Å². The molecule has 3 aromatic rings. The Morgan fingerprint density at radius 1 is 1.03 bits per heavy atom. The van der Waals surface area contributed by atoms with Crippen LogP contribution in [-0.2, 0) is 7.05 Å². The third-order valence-electron chi connectivity index (χ3n) is 7.60. The summed E-state index contributed by atoms with van der Waals surface area (Å²) in [5, 5.41) is 4.48. The average Bonchev–Trinajstić information content (AvgIpc) is 2.89. The van der Waals surface area contributed by atoms with E-state index >= 15 is 0 Å². The molecule has 2 aliphatic heterocycles. The first-order valence-electron chi connectivity index (χ1n) is 13.1. The number of aryl methyl sites for hydroxylation is 2. The van der Waals surface area contributed by atoms with Gasteiger partial charge < -0.3 is 20.0 Å². The van der Waals surface area contributed by atoms with Gasteiger partial charge in [-0.1, -0.05) is 6.07 Å². The number of anilines is 2. The molecule has 2 aliphatic rings. The van der Waals surface area contributed by atoms with Crippen molar-refractivity contribution in [2.45, 2.75) is 39.4 Å². The molecule has 2 fully saturated rings. The first-order chi connectivity index (χ1) is 18.5. The number of benzene rings is 1. The van der Waals surface area contributed by atoms with Crippen molar-refractivity contribution >= 4 is 28.3 Å². The van der Waals surface area contributed by atoms with Crippen LogP contribution in [0.25, 0.3) is 10.8 Å². The van der Waals surface area contributed by atoms with Gasteiger partial charge in [-0.25, -0.2) is 22.9 Å². The molecule has 0 bridgehead atoms. The van der Waals surface area contributed by atoms with E-state index in [2.05, 4.69) is 15.2 Å². The Balaban J connectivity index is 1.45. The normalized spacial score (nSPS) is 17.1. The number of alkyl halides is 3. The first kappa shape index (κ1) is 26.8. The third-order valence-corrected chi connectivity index (χ3v) is 7.60. The monoisotopic (exact) mass is 542 g/mol. The number of hydrogen-bond acceptors (Lipinski definition) is 5. The van der Waals surface area contributed by atoms with Crippen LogP contribution in [-0.4, -0.2) is 70.8 Å². The minimum absolute atomic E-state index is 0.143. The van der Waals surface area contributed by atoms with Crippen molar-refractivity contribution < 1.29 is 18.0 Å². The Kier molecular flexibility index (Phi) is 7.17. The Morgan fingerprint density at radius 2 is 1.72 bits per heavy atom. The van der Waals surface area contributed by atoms with E-state index in [-0.39, 0.29) is 42.1 Å². The van der Waals surface area contributed by atoms with Gasteiger partial charge in [-0.05, 0) is 61.5 Å². The highest BCUT2D eigenvalue weighted by molar-refractivity contribution is 5.89. The van der Waals surface area contributed by atoms with Crippen LogP contribution in [0.5, 0.6) is 0 Å². The molecule has 1 atom stereocenters. The highest BCUT2D eigenvalue weighted by Crippen LogP contribution is 2.33. The molecule has 2 aromatic heterocycles. The number of fused-ring (bicyclic) bond motifs is 1. The van der Waals surface area contributed by atoms with Gasteiger partial charge in [0.1, 0.15) is 17.7 Å². The zero-order valence-corrected chi connectivity index (χ0v) is 22.5. The Hall–Kier alpha value is -3.76. The van der Waals surface area contributed by atoms with Crippen LogP contribution in [0.4, 0.5) is 29.5 Å². The molecule has 39 heavy (non-hydrogen) atoms. The van der Waals surface area contributed by atoms with Gasteiger partial charge in [0.15, 0.2) is 0 Å². The topological polar surface area (TPSA) is 73.7 Å². The number of nitrogens with zero attached hydrogens (tertiary/aromatic N) is 5. The van der Waals surface area contributed by atoms with Gasteiger partial charge in [0.25, 0.3) is 12.0 Å². The van der Waals surface area contributed by atoms with E-state index in [9.17, 15) is 22.8 Å². The molecule has 2 amide bonds. The minimum Gasteiger partial charge on any atom is -0.377 e. The summed E-state index contributed by atoms with van der Waals surface area (Å²) in [6.07, 6.45) is -3.67. The summed E-state index contributed by atoms with van der Waals surface area (Å²) >= 11 is 0. The standard InChI is InChI=1S/C28H33F3N6O2/c1-16-11-20(18(3)33-23-6-5-17(2)32-25(23)26(30)31)21-13-24(34(4)27(38)22(21)12-16)35-7-9-36(10-8-35)28(39)37-14-19(29)15-37/h5-6,11-13,18-19,26,33H,7-10,14-15H2,1-4H3/t18-/m1/s1. The number of halogens is 3. The maximum absolute atomic E-state index is 13.7. The van der Waals surface area contributed by atoms with Crippen molar-refractivity contribution in [3.63, 3.8) is 0 Å². The molecule has 1 aromatic carbocycles. The SMILES string of the molecule is Cc1cc([C@@H](C)Nc2ccc(C)nc2C(F)F)c2cc(N3CCN(C(=O)N4CC(F)C4)CC3)n(C)c(=O)c2c1. The molecule has 0 aliphatic carbocycles. The summed E-state index contributed by atoms with van der Waals surface area (Å²) in [6, 6.07) is 8.53. The maximum Gasteiger partial charge on any atom is 0.320 e. The zero-order chi connectivity index (χ0) is 28.0. The molecule has 0 spiro atoms. The number of piperazine rings is 1.